The average molecular weight is 348 g/mol. The molecule has 1 aromatic carbocycles. The van der Waals surface area contributed by atoms with E-state index in [1.165, 1.54) is 37.0 Å². The molecule has 4 nitrogen and oxygen atoms in total. The molecular formula is C17H20N2O2S2. The van der Waals surface area contributed by atoms with Crippen molar-refractivity contribution in [1.29, 1.82) is 0 Å². The van der Waals surface area contributed by atoms with Gasteiger partial charge in [0.05, 0.1) is 7.11 Å². The molecule has 1 aliphatic carbocycles. The van der Waals surface area contributed by atoms with Crippen LogP contribution in [-0.4, -0.2) is 23.3 Å². The average Bonchev–Trinajstić information content (AvgIpc) is 3.26. The number of hydrogen-bond donors (Lipinski definition) is 1. The summed E-state index contributed by atoms with van der Waals surface area (Å²) in [6.07, 6.45) is 6.62. The summed E-state index contributed by atoms with van der Waals surface area (Å²) in [6.45, 7) is 0. The Morgan fingerprint density at radius 1 is 1.35 bits per heavy atom. The molecule has 2 aromatic rings. The standard InChI is InChI=1S/C17H20N2O2S2/c1-21-13-8-6-12(7-9-13)15(23-14-4-2-3-5-14)16(20)19-17-18-10-11-22-17/h6-11,14-15H,2-5H2,1H3,(H,18,19,20). The van der Waals surface area contributed by atoms with Crippen molar-refractivity contribution >= 4 is 34.1 Å². The highest BCUT2D eigenvalue weighted by Crippen LogP contribution is 2.40. The summed E-state index contributed by atoms with van der Waals surface area (Å²) in [4.78, 5) is 16.9. The number of thioether (sulfide) groups is 1. The molecule has 1 aliphatic rings. The van der Waals surface area contributed by atoms with E-state index in [1.54, 1.807) is 25.1 Å². The minimum absolute atomic E-state index is 0.00187. The minimum atomic E-state index is -0.215. The molecule has 1 heterocycles. The summed E-state index contributed by atoms with van der Waals surface area (Å²) in [5, 5.41) is 5.80. The zero-order valence-electron chi connectivity index (χ0n) is 13.0. The lowest BCUT2D eigenvalue weighted by molar-refractivity contribution is -0.115. The molecule has 122 valence electrons. The fraction of sp³-hybridized carbons (Fsp3) is 0.412. The van der Waals surface area contributed by atoms with Crippen LogP contribution in [0.25, 0.3) is 0 Å². The van der Waals surface area contributed by atoms with Crippen molar-refractivity contribution in [2.75, 3.05) is 12.4 Å². The largest absolute Gasteiger partial charge is 0.497 e. The van der Waals surface area contributed by atoms with Gasteiger partial charge in [0.25, 0.3) is 0 Å². The van der Waals surface area contributed by atoms with Gasteiger partial charge in [0.15, 0.2) is 5.13 Å². The van der Waals surface area contributed by atoms with Gasteiger partial charge in [0.1, 0.15) is 11.0 Å². The number of rotatable bonds is 6. The molecule has 1 amide bonds. The first kappa shape index (κ1) is 16.3. The first-order chi connectivity index (χ1) is 11.3. The van der Waals surface area contributed by atoms with Crippen LogP contribution in [0.15, 0.2) is 35.8 Å². The van der Waals surface area contributed by atoms with Gasteiger partial charge >= 0.3 is 0 Å². The molecule has 1 fully saturated rings. The van der Waals surface area contributed by atoms with Crippen molar-refractivity contribution in [2.45, 2.75) is 36.2 Å². The molecule has 0 bridgehead atoms. The molecule has 1 N–H and O–H groups in total. The van der Waals surface area contributed by atoms with E-state index < -0.39 is 0 Å². The summed E-state index contributed by atoms with van der Waals surface area (Å²) in [6, 6.07) is 7.78. The lowest BCUT2D eigenvalue weighted by Gasteiger charge is -2.20. The summed E-state index contributed by atoms with van der Waals surface area (Å²) >= 11 is 3.21. The predicted octanol–water partition coefficient (Wildman–Crippen LogP) is 4.51. The number of anilines is 1. The number of carbonyl (C=O) groups excluding carboxylic acids is 1. The van der Waals surface area contributed by atoms with Crippen LogP contribution in [0.5, 0.6) is 5.75 Å². The first-order valence-corrected chi connectivity index (χ1v) is 9.58. The molecule has 23 heavy (non-hydrogen) atoms. The van der Waals surface area contributed by atoms with Gasteiger partial charge in [0.2, 0.25) is 5.91 Å². The van der Waals surface area contributed by atoms with Gasteiger partial charge in [0, 0.05) is 16.8 Å². The number of hydrogen-bond acceptors (Lipinski definition) is 5. The van der Waals surface area contributed by atoms with Crippen molar-refractivity contribution in [1.82, 2.24) is 4.98 Å². The van der Waals surface area contributed by atoms with Gasteiger partial charge in [-0.1, -0.05) is 25.0 Å². The van der Waals surface area contributed by atoms with Crippen LogP contribution in [0.4, 0.5) is 5.13 Å². The van der Waals surface area contributed by atoms with Crippen LogP contribution in [0.2, 0.25) is 0 Å². The summed E-state index contributed by atoms with van der Waals surface area (Å²) in [5.41, 5.74) is 1.01. The van der Waals surface area contributed by atoms with Crippen molar-refractivity contribution in [3.05, 3.63) is 41.4 Å². The number of aromatic nitrogens is 1. The number of benzene rings is 1. The smallest absolute Gasteiger partial charge is 0.243 e. The third-order valence-electron chi connectivity index (χ3n) is 3.95. The van der Waals surface area contributed by atoms with E-state index in [0.29, 0.717) is 10.4 Å². The van der Waals surface area contributed by atoms with E-state index in [4.69, 9.17) is 4.74 Å². The Balaban J connectivity index is 1.77. The van der Waals surface area contributed by atoms with Crippen molar-refractivity contribution in [2.24, 2.45) is 0 Å². The van der Waals surface area contributed by atoms with Crippen LogP contribution in [-0.2, 0) is 4.79 Å². The van der Waals surface area contributed by atoms with Crippen molar-refractivity contribution in [3.8, 4) is 5.75 Å². The number of thiazole rings is 1. The maximum atomic E-state index is 12.8. The number of carbonyl (C=O) groups is 1. The number of methoxy groups -OCH3 is 1. The third kappa shape index (κ3) is 4.26. The highest BCUT2D eigenvalue weighted by Gasteiger charge is 2.27. The maximum Gasteiger partial charge on any atom is 0.243 e. The normalized spacial score (nSPS) is 16.2. The molecule has 1 aromatic heterocycles. The number of ether oxygens (including phenoxy) is 1. The predicted molar refractivity (Wildman–Crippen MR) is 96.3 cm³/mol. The van der Waals surface area contributed by atoms with E-state index in [0.717, 1.165) is 11.3 Å². The molecule has 0 saturated heterocycles. The van der Waals surface area contributed by atoms with E-state index in [1.807, 2.05) is 29.6 Å². The van der Waals surface area contributed by atoms with Gasteiger partial charge in [-0.3, -0.25) is 4.79 Å². The lowest BCUT2D eigenvalue weighted by atomic mass is 10.1. The highest BCUT2D eigenvalue weighted by atomic mass is 32.2. The van der Waals surface area contributed by atoms with E-state index >= 15 is 0 Å². The van der Waals surface area contributed by atoms with Crippen LogP contribution in [0.3, 0.4) is 0 Å². The monoisotopic (exact) mass is 348 g/mol. The van der Waals surface area contributed by atoms with Crippen molar-refractivity contribution in [3.63, 3.8) is 0 Å². The summed E-state index contributed by atoms with van der Waals surface area (Å²) < 4.78 is 5.21. The second-order valence-electron chi connectivity index (χ2n) is 5.52. The first-order valence-electron chi connectivity index (χ1n) is 7.76. The molecule has 0 aliphatic heterocycles. The SMILES string of the molecule is COc1ccc(C(SC2CCCC2)C(=O)Nc2nccs2)cc1. The fourth-order valence-electron chi connectivity index (χ4n) is 2.74. The Labute approximate surface area is 144 Å². The van der Waals surface area contributed by atoms with E-state index in [9.17, 15) is 4.79 Å². The zero-order valence-corrected chi connectivity index (χ0v) is 14.7. The Morgan fingerprint density at radius 3 is 2.70 bits per heavy atom. The van der Waals surface area contributed by atoms with Gasteiger partial charge < -0.3 is 10.1 Å². The molecule has 1 unspecified atom stereocenters. The Morgan fingerprint density at radius 2 is 2.09 bits per heavy atom. The van der Waals surface area contributed by atoms with Gasteiger partial charge in [-0.05, 0) is 30.5 Å². The third-order valence-corrected chi connectivity index (χ3v) is 6.25. The molecule has 1 atom stereocenters. The van der Waals surface area contributed by atoms with Gasteiger partial charge in [-0.25, -0.2) is 4.98 Å². The topological polar surface area (TPSA) is 51.2 Å². The Kier molecular flexibility index (Phi) is 5.56. The summed E-state index contributed by atoms with van der Waals surface area (Å²) in [5.74, 6) is 0.806. The summed E-state index contributed by atoms with van der Waals surface area (Å²) in [7, 11) is 1.65. The van der Waals surface area contributed by atoms with Crippen LogP contribution in [0, 0.1) is 0 Å². The van der Waals surface area contributed by atoms with Gasteiger partial charge in [-0.2, -0.15) is 0 Å². The number of nitrogens with one attached hydrogen (secondary N) is 1. The minimum Gasteiger partial charge on any atom is -0.497 e. The van der Waals surface area contributed by atoms with Crippen LogP contribution in [0.1, 0.15) is 36.5 Å². The molecule has 0 spiro atoms. The second-order valence-corrected chi connectivity index (χ2v) is 7.83. The molecular weight excluding hydrogens is 328 g/mol. The van der Waals surface area contributed by atoms with Crippen LogP contribution >= 0.6 is 23.1 Å². The molecule has 6 heteroatoms. The maximum absolute atomic E-state index is 12.8. The fourth-order valence-corrected chi connectivity index (χ4v) is 4.76. The zero-order chi connectivity index (χ0) is 16.1. The molecule has 3 rings (SSSR count). The van der Waals surface area contributed by atoms with E-state index in [-0.39, 0.29) is 11.2 Å². The molecule has 0 radical (unpaired) electrons. The number of amides is 1. The lowest BCUT2D eigenvalue weighted by Crippen LogP contribution is -2.20. The van der Waals surface area contributed by atoms with Crippen LogP contribution < -0.4 is 10.1 Å². The molecule has 1 saturated carbocycles. The van der Waals surface area contributed by atoms with Gasteiger partial charge in [-0.15, -0.1) is 23.1 Å². The Bertz CT molecular complexity index is 623. The Hall–Kier alpha value is -1.53. The quantitative estimate of drug-likeness (QED) is 0.834. The van der Waals surface area contributed by atoms with Crippen molar-refractivity contribution < 1.29 is 9.53 Å². The highest BCUT2D eigenvalue weighted by molar-refractivity contribution is 8.00. The second kappa shape index (κ2) is 7.84. The number of nitrogens with zero attached hydrogens (tertiary/aromatic N) is 1. The van der Waals surface area contributed by atoms with E-state index in [2.05, 4.69) is 10.3 Å².